The Labute approximate surface area is 161 Å². The molecule has 0 bridgehead atoms. The van der Waals surface area contributed by atoms with Gasteiger partial charge in [-0.2, -0.15) is 0 Å². The van der Waals surface area contributed by atoms with Gasteiger partial charge in [0.25, 0.3) is 0 Å². The topological polar surface area (TPSA) is 12.5 Å². The van der Waals surface area contributed by atoms with Crippen molar-refractivity contribution in [1.29, 1.82) is 0 Å². The maximum atomic E-state index is 8.62. The van der Waals surface area contributed by atoms with E-state index in [9.17, 15) is 0 Å². The monoisotopic (exact) mass is 351 g/mol. The van der Waals surface area contributed by atoms with E-state index < -0.39 is 32.0 Å². The molecule has 1 aliphatic rings. The second-order valence-electron chi connectivity index (χ2n) is 5.99. The van der Waals surface area contributed by atoms with Gasteiger partial charge in [0.2, 0.25) is 0 Å². The number of hydrogen-bond acceptors (Lipinski definition) is 2. The van der Waals surface area contributed by atoms with E-state index in [1.807, 2.05) is 0 Å². The molecule has 128 valence electrons. The van der Waals surface area contributed by atoms with Crippen LogP contribution in [-0.4, -0.2) is 31.0 Å². The Kier molecular flexibility index (Phi) is 3.19. The molecule has 0 unspecified atom stereocenters. The van der Waals surface area contributed by atoms with Crippen LogP contribution < -0.4 is 0 Å². The summed E-state index contributed by atoms with van der Waals surface area (Å²) in [6, 6.07) is 13.7. The van der Waals surface area contributed by atoms with E-state index in [2.05, 4.69) is 0 Å². The number of nitrogens with zero attached hydrogens (tertiary/aromatic N) is 1. The minimum Gasteiger partial charge on any atom is -0.366 e. The predicted octanol–water partition coefficient (Wildman–Crippen LogP) is 5.10. The molecule has 1 saturated heterocycles. The summed E-state index contributed by atoms with van der Waals surface area (Å²) in [4.78, 5) is 1.29. The van der Waals surface area contributed by atoms with Crippen molar-refractivity contribution < 1.29 is 15.7 Å². The zero-order valence-corrected chi connectivity index (χ0v) is 14.1. The first kappa shape index (κ1) is 9.96. The van der Waals surface area contributed by atoms with E-state index in [1.165, 1.54) is 29.2 Å². The van der Waals surface area contributed by atoms with Gasteiger partial charge < -0.3 is 9.64 Å². The number of rotatable bonds is 6. The molecule has 24 heavy (non-hydrogen) atoms. The summed E-state index contributed by atoms with van der Waals surface area (Å²) >= 11 is 6.01. The molecule has 2 atom stereocenters. The van der Waals surface area contributed by atoms with Gasteiger partial charge in [-0.05, 0) is 62.9 Å². The van der Waals surface area contributed by atoms with E-state index in [1.54, 1.807) is 30.3 Å². The Morgan fingerprint density at radius 2 is 1.96 bits per heavy atom. The van der Waals surface area contributed by atoms with Crippen molar-refractivity contribution in [2.24, 2.45) is 0 Å². The lowest BCUT2D eigenvalue weighted by atomic mass is 9.88. The fourth-order valence-corrected chi connectivity index (χ4v) is 3.06. The van der Waals surface area contributed by atoms with Crippen molar-refractivity contribution >= 4 is 11.6 Å². The van der Waals surface area contributed by atoms with Gasteiger partial charge in [0.15, 0.2) is 0 Å². The lowest BCUT2D eigenvalue weighted by Gasteiger charge is -2.32. The third-order valence-electron chi connectivity index (χ3n) is 4.35. The van der Waals surface area contributed by atoms with E-state index >= 15 is 0 Å². The molecule has 2 nitrogen and oxygen atoms in total. The fraction of sp³-hybridized carbons (Fsp3) is 0.429. The molecular formula is C21H26ClNO. The molecule has 3 rings (SSSR count). The first-order chi connectivity index (χ1) is 14.8. The standard InChI is InChI=1S/C21H26ClNO/c1-21(17-7-4-3-5-8-17,18-10-12-19(22)13-11-18)24-16-14-20-9-6-15-23(20)2/h3-5,7-8,10-13,20H,6,9,14-16H2,1-2H3/t20-,21-/m0/s1/i1D3,2D3,16D2. The molecule has 2 aromatic rings. The first-order valence-corrected chi connectivity index (χ1v) is 8.43. The molecule has 1 aliphatic heterocycles. The number of hydrogen-bond donors (Lipinski definition) is 0. The third-order valence-corrected chi connectivity index (χ3v) is 4.60. The Balaban J connectivity index is 2.06. The predicted molar refractivity (Wildman–Crippen MR) is 101 cm³/mol. The minimum absolute atomic E-state index is 0.232. The summed E-state index contributed by atoms with van der Waals surface area (Å²) < 4.78 is 71.5. The molecule has 2 aromatic carbocycles. The molecule has 0 aliphatic carbocycles. The Hall–Kier alpha value is -1.35. The summed E-state index contributed by atoms with van der Waals surface area (Å²) in [6.45, 7) is -7.23. The molecule has 3 heteroatoms. The maximum absolute atomic E-state index is 8.62. The van der Waals surface area contributed by atoms with E-state index in [0.29, 0.717) is 24.4 Å². The van der Waals surface area contributed by atoms with Crippen LogP contribution in [0.4, 0.5) is 0 Å². The van der Waals surface area contributed by atoms with Gasteiger partial charge in [0, 0.05) is 25.8 Å². The Morgan fingerprint density at radius 3 is 2.67 bits per heavy atom. The summed E-state index contributed by atoms with van der Waals surface area (Å²) in [6.07, 6.45) is 0.845. The van der Waals surface area contributed by atoms with Crippen molar-refractivity contribution in [2.45, 2.75) is 37.8 Å². The highest BCUT2D eigenvalue weighted by Crippen LogP contribution is 2.34. The van der Waals surface area contributed by atoms with Crippen LogP contribution in [0, 0.1) is 0 Å². The van der Waals surface area contributed by atoms with Crippen molar-refractivity contribution in [3.05, 3.63) is 70.7 Å². The lowest BCUT2D eigenvalue weighted by Crippen LogP contribution is -2.31. The molecule has 0 N–H and O–H groups in total. The molecule has 0 radical (unpaired) electrons. The molecule has 1 heterocycles. The lowest BCUT2D eigenvalue weighted by molar-refractivity contribution is -0.0117. The molecule has 1 fully saturated rings. The number of likely N-dealkylation sites (tertiary alicyclic amines) is 1. The number of ether oxygens (including phenoxy) is 1. The van der Waals surface area contributed by atoms with Gasteiger partial charge in [-0.3, -0.25) is 0 Å². The first-order valence-electron chi connectivity index (χ1n) is 12.0. The van der Waals surface area contributed by atoms with Crippen LogP contribution >= 0.6 is 11.6 Å². The van der Waals surface area contributed by atoms with E-state index in [-0.39, 0.29) is 17.5 Å². The second-order valence-corrected chi connectivity index (χ2v) is 6.43. The van der Waals surface area contributed by atoms with Crippen molar-refractivity contribution in [3.8, 4) is 0 Å². The highest BCUT2D eigenvalue weighted by molar-refractivity contribution is 6.30. The molecular weight excluding hydrogens is 318 g/mol. The highest BCUT2D eigenvalue weighted by Gasteiger charge is 2.30. The highest BCUT2D eigenvalue weighted by atomic mass is 35.5. The van der Waals surface area contributed by atoms with Gasteiger partial charge in [-0.25, -0.2) is 0 Å². The average molecular weight is 352 g/mol. The van der Waals surface area contributed by atoms with Crippen molar-refractivity contribution in [3.63, 3.8) is 0 Å². The SMILES string of the molecule is [2H]C([2H])(C[C@@H]1CCCN1C([2H])([2H])[2H])O[C@@](c1ccccc1)(c1ccc(Cl)cc1)C([2H])([2H])[2H]. The van der Waals surface area contributed by atoms with Crippen LogP contribution in [0.3, 0.4) is 0 Å². The normalized spacial score (nSPS) is 27.5. The van der Waals surface area contributed by atoms with Crippen LogP contribution in [0.1, 0.15) is 48.2 Å². The summed E-state index contributed by atoms with van der Waals surface area (Å²) in [5, 5.41) is 0.406. The third kappa shape index (κ3) is 3.83. The van der Waals surface area contributed by atoms with Gasteiger partial charge in [0.05, 0.1) is 2.74 Å². The molecule has 0 aromatic heterocycles. The number of halogens is 1. The maximum Gasteiger partial charge on any atom is 0.115 e. The van der Waals surface area contributed by atoms with Gasteiger partial charge in [-0.15, -0.1) is 0 Å². The van der Waals surface area contributed by atoms with Crippen LogP contribution in [0.25, 0.3) is 0 Å². The smallest absolute Gasteiger partial charge is 0.115 e. The van der Waals surface area contributed by atoms with Gasteiger partial charge >= 0.3 is 0 Å². The second kappa shape index (κ2) is 7.69. The van der Waals surface area contributed by atoms with Crippen molar-refractivity contribution in [2.75, 3.05) is 20.1 Å². The van der Waals surface area contributed by atoms with Gasteiger partial charge in [-0.1, -0.05) is 54.1 Å². The Morgan fingerprint density at radius 1 is 1.21 bits per heavy atom. The van der Waals surface area contributed by atoms with Crippen LogP contribution in [0.15, 0.2) is 54.6 Å². The van der Waals surface area contributed by atoms with E-state index in [4.69, 9.17) is 27.3 Å². The average Bonchev–Trinajstić information content (AvgIpc) is 3.14. The molecule has 0 spiro atoms. The van der Waals surface area contributed by atoms with Crippen LogP contribution in [0.2, 0.25) is 5.02 Å². The molecule has 0 amide bonds. The van der Waals surface area contributed by atoms with Gasteiger partial charge in [0.1, 0.15) is 5.60 Å². The molecule has 0 saturated carbocycles. The summed E-state index contributed by atoms with van der Waals surface area (Å²) in [7, 11) is 0. The Bertz CT molecular complexity index is 901. The van der Waals surface area contributed by atoms with Crippen molar-refractivity contribution in [1.82, 2.24) is 4.90 Å². The zero-order chi connectivity index (χ0) is 23.8. The minimum atomic E-state index is -2.78. The quantitative estimate of drug-likeness (QED) is 0.717. The number of benzene rings is 2. The summed E-state index contributed by atoms with van der Waals surface area (Å²) in [5.74, 6) is 0. The van der Waals surface area contributed by atoms with Crippen LogP contribution in [0.5, 0.6) is 0 Å². The summed E-state index contributed by atoms with van der Waals surface area (Å²) in [5.41, 5.74) is -1.62. The van der Waals surface area contributed by atoms with E-state index in [0.717, 1.165) is 0 Å². The largest absolute Gasteiger partial charge is 0.366 e. The van der Waals surface area contributed by atoms with Crippen LogP contribution in [-0.2, 0) is 10.3 Å². The fourth-order valence-electron chi connectivity index (χ4n) is 2.94. The zero-order valence-electron chi connectivity index (χ0n) is 21.3.